The number of nitrogens with two attached hydrogens (primary N) is 1. The number of carbonyl (C=O) groups is 1. The molecule has 0 aliphatic heterocycles. The van der Waals surface area contributed by atoms with Gasteiger partial charge in [-0.05, 0) is 12.8 Å². The van der Waals surface area contributed by atoms with Crippen LogP contribution in [0.4, 0.5) is 0 Å². The van der Waals surface area contributed by atoms with Gasteiger partial charge in [0.2, 0.25) is 5.91 Å². The third-order valence-electron chi connectivity index (χ3n) is 1.83. The molecule has 0 unspecified atom stereocenters. The van der Waals surface area contributed by atoms with Crippen molar-refractivity contribution < 1.29 is 9.53 Å². The lowest BCUT2D eigenvalue weighted by molar-refractivity contribution is -0.129. The zero-order valence-electron chi connectivity index (χ0n) is 5.46. The zero-order valence-corrected chi connectivity index (χ0v) is 5.46. The van der Waals surface area contributed by atoms with Crippen molar-refractivity contribution in [1.82, 2.24) is 0 Å². The van der Waals surface area contributed by atoms with Crippen LogP contribution in [0.5, 0.6) is 0 Å². The van der Waals surface area contributed by atoms with Crippen LogP contribution in [0, 0.1) is 5.92 Å². The maximum atomic E-state index is 10.4. The van der Waals surface area contributed by atoms with Gasteiger partial charge in [0.1, 0.15) is 0 Å². The molecule has 52 valence electrons. The van der Waals surface area contributed by atoms with Crippen molar-refractivity contribution in [2.45, 2.75) is 18.9 Å². The third-order valence-corrected chi connectivity index (χ3v) is 1.83. The highest BCUT2D eigenvalue weighted by molar-refractivity contribution is 5.77. The van der Waals surface area contributed by atoms with E-state index in [-0.39, 0.29) is 17.9 Å². The lowest BCUT2D eigenvalue weighted by Gasteiger charge is -2.31. The van der Waals surface area contributed by atoms with E-state index in [1.54, 1.807) is 7.11 Å². The summed E-state index contributed by atoms with van der Waals surface area (Å²) in [5.41, 5.74) is 5.02. The van der Waals surface area contributed by atoms with Crippen molar-refractivity contribution in [3.05, 3.63) is 0 Å². The monoisotopic (exact) mass is 129 g/mol. The summed E-state index contributed by atoms with van der Waals surface area (Å²) in [7, 11) is 1.65. The van der Waals surface area contributed by atoms with Gasteiger partial charge >= 0.3 is 0 Å². The number of rotatable bonds is 2. The first-order valence-electron chi connectivity index (χ1n) is 3.06. The normalized spacial score (nSPS) is 33.4. The van der Waals surface area contributed by atoms with E-state index in [9.17, 15) is 4.79 Å². The van der Waals surface area contributed by atoms with Crippen molar-refractivity contribution >= 4 is 5.91 Å². The molecule has 2 N–H and O–H groups in total. The maximum Gasteiger partial charge on any atom is 0.220 e. The second kappa shape index (κ2) is 2.35. The largest absolute Gasteiger partial charge is 0.381 e. The second-order valence-electron chi connectivity index (χ2n) is 2.43. The molecule has 0 aromatic carbocycles. The summed E-state index contributed by atoms with van der Waals surface area (Å²) in [6.07, 6.45) is 1.90. The van der Waals surface area contributed by atoms with E-state index in [0.29, 0.717) is 0 Å². The molecule has 1 aliphatic rings. The van der Waals surface area contributed by atoms with Crippen molar-refractivity contribution in [3.8, 4) is 0 Å². The van der Waals surface area contributed by atoms with Crippen LogP contribution in [0.25, 0.3) is 0 Å². The van der Waals surface area contributed by atoms with E-state index in [0.717, 1.165) is 12.8 Å². The van der Waals surface area contributed by atoms with Crippen LogP contribution < -0.4 is 5.73 Å². The Morgan fingerprint density at radius 2 is 2.22 bits per heavy atom. The third kappa shape index (κ3) is 1.21. The van der Waals surface area contributed by atoms with Gasteiger partial charge in [-0.3, -0.25) is 4.79 Å². The van der Waals surface area contributed by atoms with Crippen LogP contribution >= 0.6 is 0 Å². The Kier molecular flexibility index (Phi) is 1.71. The number of hydrogen-bond donors (Lipinski definition) is 1. The lowest BCUT2D eigenvalue weighted by atomic mass is 9.82. The molecule has 0 aromatic heterocycles. The molecule has 1 saturated carbocycles. The summed E-state index contributed by atoms with van der Waals surface area (Å²) < 4.78 is 4.96. The minimum absolute atomic E-state index is 0.0787. The lowest BCUT2D eigenvalue weighted by Crippen LogP contribution is -2.39. The fourth-order valence-corrected chi connectivity index (χ4v) is 0.990. The van der Waals surface area contributed by atoms with Crippen molar-refractivity contribution in [2.24, 2.45) is 11.7 Å². The standard InChI is InChI=1S/C6H11NO2/c1-9-5-2-4(3-5)6(7)8/h4-5H,2-3H2,1H3,(H2,7,8)/t4-,5+. The molecular formula is C6H11NO2. The fourth-order valence-electron chi connectivity index (χ4n) is 0.990. The van der Waals surface area contributed by atoms with E-state index in [1.165, 1.54) is 0 Å². The van der Waals surface area contributed by atoms with E-state index >= 15 is 0 Å². The molecule has 3 nitrogen and oxygen atoms in total. The molecule has 9 heavy (non-hydrogen) atoms. The summed E-state index contributed by atoms with van der Waals surface area (Å²) in [6, 6.07) is 0. The minimum Gasteiger partial charge on any atom is -0.381 e. The predicted octanol–water partition coefficient (Wildman–Crippen LogP) is -0.103. The number of amides is 1. The summed E-state index contributed by atoms with van der Waals surface area (Å²) >= 11 is 0. The Hall–Kier alpha value is -0.570. The highest BCUT2D eigenvalue weighted by Gasteiger charge is 2.32. The first-order valence-corrected chi connectivity index (χ1v) is 3.06. The molecule has 1 fully saturated rings. The fraction of sp³-hybridized carbons (Fsp3) is 0.833. The van der Waals surface area contributed by atoms with E-state index in [4.69, 9.17) is 10.5 Å². The highest BCUT2D eigenvalue weighted by atomic mass is 16.5. The predicted molar refractivity (Wildman–Crippen MR) is 32.7 cm³/mol. The molecule has 1 amide bonds. The van der Waals surface area contributed by atoms with Gasteiger partial charge in [-0.1, -0.05) is 0 Å². The number of ether oxygens (including phenoxy) is 1. The molecule has 0 aromatic rings. The maximum absolute atomic E-state index is 10.4. The number of carbonyl (C=O) groups excluding carboxylic acids is 1. The van der Waals surface area contributed by atoms with Gasteiger partial charge in [-0.2, -0.15) is 0 Å². The Bertz CT molecular complexity index is 118. The second-order valence-corrected chi connectivity index (χ2v) is 2.43. The van der Waals surface area contributed by atoms with Gasteiger partial charge in [0.25, 0.3) is 0 Å². The van der Waals surface area contributed by atoms with Crippen LogP contribution in [-0.4, -0.2) is 19.1 Å². The van der Waals surface area contributed by atoms with Crippen molar-refractivity contribution in [1.29, 1.82) is 0 Å². The smallest absolute Gasteiger partial charge is 0.220 e. The Morgan fingerprint density at radius 1 is 1.67 bits per heavy atom. The molecule has 1 aliphatic carbocycles. The average Bonchev–Trinajstić information content (AvgIpc) is 1.61. The van der Waals surface area contributed by atoms with Crippen LogP contribution in [0.15, 0.2) is 0 Å². The van der Waals surface area contributed by atoms with E-state index < -0.39 is 0 Å². The molecule has 3 heteroatoms. The SMILES string of the molecule is CO[C@H]1C[C@@H](C(N)=O)C1. The molecule has 0 heterocycles. The Morgan fingerprint density at radius 3 is 2.56 bits per heavy atom. The van der Waals surface area contributed by atoms with Crippen LogP contribution in [0.2, 0.25) is 0 Å². The number of methoxy groups -OCH3 is 1. The van der Waals surface area contributed by atoms with E-state index in [2.05, 4.69) is 0 Å². The Labute approximate surface area is 54.2 Å². The summed E-state index contributed by atoms with van der Waals surface area (Å²) in [5.74, 6) is -0.113. The first-order chi connectivity index (χ1) is 4.24. The molecule has 0 saturated heterocycles. The van der Waals surface area contributed by atoms with Crippen LogP contribution in [0.3, 0.4) is 0 Å². The topological polar surface area (TPSA) is 52.3 Å². The molecular weight excluding hydrogens is 118 g/mol. The number of hydrogen-bond acceptors (Lipinski definition) is 2. The quantitative estimate of drug-likeness (QED) is 0.566. The molecule has 0 bridgehead atoms. The first kappa shape index (κ1) is 6.55. The number of primary amides is 1. The molecule has 0 atom stereocenters. The Balaban J connectivity index is 2.19. The minimum atomic E-state index is -0.191. The van der Waals surface area contributed by atoms with E-state index in [1.807, 2.05) is 0 Å². The van der Waals surface area contributed by atoms with Gasteiger partial charge in [-0.25, -0.2) is 0 Å². The van der Waals surface area contributed by atoms with Gasteiger partial charge in [0.05, 0.1) is 6.10 Å². The molecule has 0 radical (unpaired) electrons. The van der Waals surface area contributed by atoms with Gasteiger partial charge in [0.15, 0.2) is 0 Å². The van der Waals surface area contributed by atoms with Crippen molar-refractivity contribution in [2.75, 3.05) is 7.11 Å². The summed E-state index contributed by atoms with van der Waals surface area (Å²) in [5, 5.41) is 0. The van der Waals surface area contributed by atoms with Crippen LogP contribution in [-0.2, 0) is 9.53 Å². The van der Waals surface area contributed by atoms with Crippen LogP contribution in [0.1, 0.15) is 12.8 Å². The van der Waals surface area contributed by atoms with Gasteiger partial charge in [0, 0.05) is 13.0 Å². The highest BCUT2D eigenvalue weighted by Crippen LogP contribution is 2.28. The van der Waals surface area contributed by atoms with Gasteiger partial charge in [-0.15, -0.1) is 0 Å². The molecule has 1 rings (SSSR count). The summed E-state index contributed by atoms with van der Waals surface area (Å²) in [4.78, 5) is 10.4. The van der Waals surface area contributed by atoms with Gasteiger partial charge < -0.3 is 10.5 Å². The summed E-state index contributed by atoms with van der Waals surface area (Å²) in [6.45, 7) is 0. The zero-order chi connectivity index (χ0) is 6.85. The van der Waals surface area contributed by atoms with Crippen molar-refractivity contribution in [3.63, 3.8) is 0 Å². The average molecular weight is 129 g/mol. The molecule has 0 spiro atoms.